The molecule has 0 fully saturated rings. The lowest BCUT2D eigenvalue weighted by Gasteiger charge is -2.22. The van der Waals surface area contributed by atoms with Crippen LogP contribution in [0, 0.1) is 29.7 Å². The minimum atomic E-state index is -0.697. The Balaban J connectivity index is 2.22. The van der Waals surface area contributed by atoms with Crippen LogP contribution in [-0.4, -0.2) is 39.4 Å². The molecule has 44 heavy (non-hydrogen) atoms. The summed E-state index contributed by atoms with van der Waals surface area (Å²) in [6, 6.07) is 2.02. The highest BCUT2D eigenvalue weighted by Crippen LogP contribution is 2.68. The summed E-state index contributed by atoms with van der Waals surface area (Å²) < 4.78 is 24.1. The number of rotatable bonds is 16. The molecule has 1 aromatic rings. The van der Waals surface area contributed by atoms with Crippen LogP contribution in [0.3, 0.4) is 0 Å². The smallest absolute Gasteiger partial charge is 0.350 e. The number of hydrogen-bond acceptors (Lipinski definition) is 11. The quantitative estimate of drug-likeness (QED) is 0.0724. The van der Waals surface area contributed by atoms with Crippen molar-refractivity contribution in [1.29, 1.82) is 5.26 Å². The second kappa shape index (κ2) is 17.9. The highest BCUT2D eigenvalue weighted by molar-refractivity contribution is 8.26. The molecule has 3 rings (SSSR count). The molecule has 0 bridgehead atoms. The third-order valence-corrected chi connectivity index (χ3v) is 12.6. The van der Waals surface area contributed by atoms with Gasteiger partial charge in [-0.1, -0.05) is 113 Å². The lowest BCUT2D eigenvalue weighted by molar-refractivity contribution is -0.136. The van der Waals surface area contributed by atoms with Crippen molar-refractivity contribution < 1.29 is 28.5 Å². The van der Waals surface area contributed by atoms with Gasteiger partial charge in [0, 0.05) is 0 Å². The maximum Gasteiger partial charge on any atom is 0.350 e. The molecule has 2 unspecified atom stereocenters. The number of nitrogens with zero attached hydrogens (tertiary/aromatic N) is 2. The third-order valence-electron chi connectivity index (χ3n) is 7.42. The standard InChI is InChI=1S/C32H40N2O6S4/c1-8-12-14-19(10-3)17-39-23-25-26(42-31(41-25)21(16-33)29(35)37-6)24(40-18-20(11-4)15-13-9-2)28-27(23)43-32(44-28)22(34-5)30(36)38-7/h19-20H,8-15,17-18H2,1-4,6-7H3. The number of thioether (sulfide) groups is 4. The van der Waals surface area contributed by atoms with Crippen LogP contribution in [0.5, 0.6) is 11.5 Å². The van der Waals surface area contributed by atoms with Gasteiger partial charge in [0.2, 0.25) is 0 Å². The fourth-order valence-corrected chi connectivity index (χ4v) is 9.98. The molecule has 2 atom stereocenters. The normalized spacial score (nSPS) is 14.5. The molecule has 0 aromatic heterocycles. The van der Waals surface area contributed by atoms with Crippen LogP contribution >= 0.6 is 47.0 Å². The lowest BCUT2D eigenvalue weighted by atomic mass is 10.0. The number of unbranched alkanes of at least 4 members (excludes halogenated alkanes) is 2. The van der Waals surface area contributed by atoms with Gasteiger partial charge in [0.05, 0.1) is 62.1 Å². The van der Waals surface area contributed by atoms with Crippen LogP contribution in [0.15, 0.2) is 39.3 Å². The number of hydrogen-bond donors (Lipinski definition) is 0. The van der Waals surface area contributed by atoms with Crippen molar-refractivity contribution in [1.82, 2.24) is 0 Å². The molecule has 238 valence electrons. The summed E-state index contributed by atoms with van der Waals surface area (Å²) in [6.45, 7) is 17.3. The Kier molecular flexibility index (Phi) is 14.7. The predicted octanol–water partition coefficient (Wildman–Crippen LogP) is 9.44. The van der Waals surface area contributed by atoms with Gasteiger partial charge in [0.1, 0.15) is 17.6 Å². The first-order valence-electron chi connectivity index (χ1n) is 15.0. The van der Waals surface area contributed by atoms with E-state index in [-0.39, 0.29) is 11.3 Å². The fourth-order valence-electron chi connectivity index (χ4n) is 4.61. The van der Waals surface area contributed by atoms with E-state index >= 15 is 0 Å². The van der Waals surface area contributed by atoms with E-state index in [4.69, 9.17) is 25.5 Å². The first kappa shape index (κ1) is 36.1. The van der Waals surface area contributed by atoms with Gasteiger partial charge in [-0.05, 0) is 24.7 Å². The molecular formula is C32H40N2O6S4. The van der Waals surface area contributed by atoms with Crippen LogP contribution in [0.25, 0.3) is 4.85 Å². The van der Waals surface area contributed by atoms with Crippen LogP contribution in [-0.2, 0) is 19.1 Å². The molecule has 0 saturated heterocycles. The summed E-state index contributed by atoms with van der Waals surface area (Å²) in [5.41, 5.74) is -0.153. The molecule has 0 N–H and O–H groups in total. The van der Waals surface area contributed by atoms with E-state index in [1.807, 2.05) is 6.07 Å². The highest BCUT2D eigenvalue weighted by Gasteiger charge is 2.40. The van der Waals surface area contributed by atoms with E-state index in [0.29, 0.717) is 45.0 Å². The molecule has 0 spiro atoms. The molecule has 0 aliphatic carbocycles. The zero-order chi connectivity index (χ0) is 32.2. The van der Waals surface area contributed by atoms with Crippen molar-refractivity contribution in [3.8, 4) is 17.6 Å². The largest absolute Gasteiger partial charge is 0.491 e. The Labute approximate surface area is 278 Å². The number of carbonyl (C=O) groups is 2. The average Bonchev–Trinajstić information content (AvgIpc) is 3.67. The van der Waals surface area contributed by atoms with Crippen molar-refractivity contribution in [3.05, 3.63) is 31.2 Å². The number of carbonyl (C=O) groups excluding carboxylic acids is 2. The maximum absolute atomic E-state index is 12.5. The van der Waals surface area contributed by atoms with Gasteiger partial charge in [-0.25, -0.2) is 9.64 Å². The summed E-state index contributed by atoms with van der Waals surface area (Å²) in [5, 5.41) is 9.87. The molecule has 1 aromatic carbocycles. The second-order valence-electron chi connectivity index (χ2n) is 10.3. The summed E-state index contributed by atoms with van der Waals surface area (Å²) in [4.78, 5) is 31.6. The Hall–Kier alpha value is -2.38. The number of benzene rings is 1. The third kappa shape index (κ3) is 8.45. The lowest BCUT2D eigenvalue weighted by Crippen LogP contribution is -2.14. The SMILES string of the molecule is [C-]#[N+]C(C(=O)OC)=C1Sc2c(OCC(CC)CCCC)c3c(c(OCC(CC)CCCC)c2S1)SC(=C(C#N)C(=O)OC)S3. The van der Waals surface area contributed by atoms with E-state index in [9.17, 15) is 14.9 Å². The second-order valence-corrected chi connectivity index (χ2v) is 14.9. The van der Waals surface area contributed by atoms with Crippen molar-refractivity contribution in [2.45, 2.75) is 98.6 Å². The molecule has 8 nitrogen and oxygen atoms in total. The monoisotopic (exact) mass is 676 g/mol. The predicted molar refractivity (Wildman–Crippen MR) is 178 cm³/mol. The van der Waals surface area contributed by atoms with E-state index in [0.717, 1.165) is 70.9 Å². The van der Waals surface area contributed by atoms with Gasteiger partial charge in [-0.15, -0.1) is 0 Å². The van der Waals surface area contributed by atoms with Crippen molar-refractivity contribution >= 4 is 59.0 Å². The first-order chi connectivity index (χ1) is 21.3. The first-order valence-corrected chi connectivity index (χ1v) is 18.2. The van der Waals surface area contributed by atoms with E-state index in [2.05, 4.69) is 32.5 Å². The van der Waals surface area contributed by atoms with E-state index in [1.54, 1.807) is 0 Å². The van der Waals surface area contributed by atoms with Crippen LogP contribution in [0.4, 0.5) is 0 Å². The summed E-state index contributed by atoms with van der Waals surface area (Å²) in [7, 11) is 2.52. The molecule has 2 aliphatic rings. The average molecular weight is 677 g/mol. The molecule has 0 amide bonds. The van der Waals surface area contributed by atoms with Crippen molar-refractivity contribution in [2.24, 2.45) is 11.8 Å². The number of nitriles is 1. The van der Waals surface area contributed by atoms with Gasteiger partial charge in [-0.3, -0.25) is 4.79 Å². The molecule has 0 saturated carbocycles. The number of fused-ring (bicyclic) bond motifs is 2. The van der Waals surface area contributed by atoms with Gasteiger partial charge in [0.25, 0.3) is 5.70 Å². The molecule has 12 heteroatoms. The Morgan fingerprint density at radius 2 is 1.20 bits per heavy atom. The molecule has 2 heterocycles. The van der Waals surface area contributed by atoms with Gasteiger partial charge < -0.3 is 18.9 Å². The van der Waals surface area contributed by atoms with Crippen molar-refractivity contribution in [2.75, 3.05) is 27.4 Å². The van der Waals surface area contributed by atoms with E-state index < -0.39 is 11.9 Å². The minimum absolute atomic E-state index is 0.0682. The van der Waals surface area contributed by atoms with Gasteiger partial charge in [-0.2, -0.15) is 5.26 Å². The van der Waals surface area contributed by atoms with Crippen LogP contribution < -0.4 is 9.47 Å². The molecule has 0 radical (unpaired) electrons. The van der Waals surface area contributed by atoms with Crippen molar-refractivity contribution in [3.63, 3.8) is 0 Å². The fraction of sp³-hybridized carbons (Fsp3) is 0.562. The Morgan fingerprint density at radius 1 is 0.773 bits per heavy atom. The highest BCUT2D eigenvalue weighted by atomic mass is 32.2. The Bertz CT molecular complexity index is 1230. The van der Waals surface area contributed by atoms with Crippen LogP contribution in [0.1, 0.15) is 79.1 Å². The molecular weight excluding hydrogens is 637 g/mol. The molecule has 2 aliphatic heterocycles. The van der Waals surface area contributed by atoms with Gasteiger partial charge in [0.15, 0.2) is 5.57 Å². The van der Waals surface area contributed by atoms with Gasteiger partial charge >= 0.3 is 11.9 Å². The number of esters is 2. The summed E-state index contributed by atoms with van der Waals surface area (Å²) >= 11 is 5.21. The Morgan fingerprint density at radius 3 is 1.55 bits per heavy atom. The maximum atomic E-state index is 12.5. The van der Waals surface area contributed by atoms with E-state index in [1.165, 1.54) is 61.3 Å². The summed E-state index contributed by atoms with van der Waals surface area (Å²) in [5.74, 6) is 0.545. The minimum Gasteiger partial charge on any atom is -0.491 e. The zero-order valence-corrected chi connectivity index (χ0v) is 29.5. The number of methoxy groups -OCH3 is 2. The number of ether oxygens (including phenoxy) is 4. The van der Waals surface area contributed by atoms with Crippen LogP contribution in [0.2, 0.25) is 0 Å². The zero-order valence-electron chi connectivity index (χ0n) is 26.2. The summed E-state index contributed by atoms with van der Waals surface area (Å²) in [6.07, 6.45) is 8.43. The topological polar surface area (TPSA) is 99.2 Å².